The number of aryl methyl sites for hydroxylation is 1. The summed E-state index contributed by atoms with van der Waals surface area (Å²) in [6.07, 6.45) is 6.18. The van der Waals surface area contributed by atoms with Crippen molar-refractivity contribution in [3.05, 3.63) is 42.0 Å². The molecule has 3 rings (SSSR count). The highest BCUT2D eigenvalue weighted by Gasteiger charge is 2.21. The second-order valence-electron chi connectivity index (χ2n) is 6.08. The molecule has 0 saturated carbocycles. The topological polar surface area (TPSA) is 71.3 Å². The summed E-state index contributed by atoms with van der Waals surface area (Å²) in [6, 6.07) is 5.87. The average molecular weight is 314 g/mol. The van der Waals surface area contributed by atoms with Gasteiger partial charge in [-0.2, -0.15) is 0 Å². The number of hydrogen-bond acceptors (Lipinski definition) is 5. The van der Waals surface area contributed by atoms with Crippen LogP contribution >= 0.6 is 0 Å². The number of nitrogens with zero attached hydrogens (tertiary/aromatic N) is 3. The highest BCUT2D eigenvalue weighted by atomic mass is 16.5. The Morgan fingerprint density at radius 3 is 3.00 bits per heavy atom. The lowest BCUT2D eigenvalue weighted by molar-refractivity contribution is -0.120. The molecule has 2 aromatic rings. The first-order chi connectivity index (χ1) is 11.2. The molecule has 1 unspecified atom stereocenters. The Hall–Kier alpha value is -2.37. The molecular weight excluding hydrogens is 292 g/mol. The van der Waals surface area contributed by atoms with E-state index in [1.165, 1.54) is 5.69 Å². The van der Waals surface area contributed by atoms with Gasteiger partial charge in [0.1, 0.15) is 5.76 Å². The van der Waals surface area contributed by atoms with Gasteiger partial charge in [0, 0.05) is 43.8 Å². The Balaban J connectivity index is 1.47. The summed E-state index contributed by atoms with van der Waals surface area (Å²) in [6.45, 7) is 4.58. The number of hydrogen-bond donors (Lipinski definition) is 1. The maximum atomic E-state index is 12.0. The number of anilines is 1. The van der Waals surface area contributed by atoms with E-state index in [0.29, 0.717) is 18.2 Å². The Kier molecular flexibility index (Phi) is 4.90. The molecule has 0 spiro atoms. The van der Waals surface area contributed by atoms with Crippen molar-refractivity contribution in [1.82, 2.24) is 15.5 Å². The van der Waals surface area contributed by atoms with Crippen molar-refractivity contribution in [1.29, 1.82) is 0 Å². The molecule has 0 radical (unpaired) electrons. The number of rotatable bonds is 5. The molecule has 1 fully saturated rings. The number of carbonyl (C=O) groups excluding carboxylic acids is 1. The summed E-state index contributed by atoms with van der Waals surface area (Å²) in [4.78, 5) is 18.4. The Morgan fingerprint density at radius 2 is 2.26 bits per heavy atom. The standard InChI is InChI=1S/C17H22N4O2/c1-13-9-16(23-20-13)10-17(22)19-11-14-3-2-8-21(12-14)15-4-6-18-7-5-15/h4-7,9,14H,2-3,8,10-12H2,1H3,(H,19,22). The van der Waals surface area contributed by atoms with Crippen LogP contribution in [0.5, 0.6) is 0 Å². The number of aromatic nitrogens is 2. The van der Waals surface area contributed by atoms with Crippen LogP contribution in [0, 0.1) is 12.8 Å². The highest BCUT2D eigenvalue weighted by molar-refractivity contribution is 5.77. The van der Waals surface area contributed by atoms with E-state index in [1.54, 1.807) is 6.07 Å². The van der Waals surface area contributed by atoms with E-state index in [1.807, 2.05) is 31.5 Å². The molecule has 2 aromatic heterocycles. The van der Waals surface area contributed by atoms with Gasteiger partial charge in [0.15, 0.2) is 0 Å². The molecule has 0 aliphatic carbocycles. The SMILES string of the molecule is Cc1cc(CC(=O)NCC2CCCN(c3ccncc3)C2)on1. The Morgan fingerprint density at radius 1 is 1.43 bits per heavy atom. The fourth-order valence-corrected chi connectivity index (χ4v) is 3.00. The molecule has 6 heteroatoms. The van der Waals surface area contributed by atoms with E-state index in [-0.39, 0.29) is 12.3 Å². The summed E-state index contributed by atoms with van der Waals surface area (Å²) in [5, 5.41) is 6.81. The van der Waals surface area contributed by atoms with E-state index in [9.17, 15) is 4.79 Å². The van der Waals surface area contributed by atoms with Crippen molar-refractivity contribution in [2.24, 2.45) is 5.92 Å². The normalized spacial score (nSPS) is 18.0. The molecule has 1 amide bonds. The minimum atomic E-state index is -0.0119. The van der Waals surface area contributed by atoms with Crippen molar-refractivity contribution in [2.75, 3.05) is 24.5 Å². The number of piperidine rings is 1. The molecular formula is C17H22N4O2. The fraction of sp³-hybridized carbons (Fsp3) is 0.471. The average Bonchev–Trinajstić information content (AvgIpc) is 2.99. The summed E-state index contributed by atoms with van der Waals surface area (Å²) in [7, 11) is 0. The van der Waals surface area contributed by atoms with Crippen molar-refractivity contribution < 1.29 is 9.32 Å². The zero-order chi connectivity index (χ0) is 16.1. The second-order valence-corrected chi connectivity index (χ2v) is 6.08. The van der Waals surface area contributed by atoms with Gasteiger partial charge in [0.2, 0.25) is 5.91 Å². The number of nitrogens with one attached hydrogen (secondary N) is 1. The second kappa shape index (κ2) is 7.26. The van der Waals surface area contributed by atoms with Gasteiger partial charge in [-0.05, 0) is 37.8 Å². The minimum absolute atomic E-state index is 0.0119. The molecule has 0 bridgehead atoms. The lowest BCUT2D eigenvalue weighted by atomic mass is 9.97. The third kappa shape index (κ3) is 4.31. The van der Waals surface area contributed by atoms with Gasteiger partial charge in [-0.3, -0.25) is 9.78 Å². The summed E-state index contributed by atoms with van der Waals surface area (Å²) >= 11 is 0. The van der Waals surface area contributed by atoms with Gasteiger partial charge < -0.3 is 14.7 Å². The van der Waals surface area contributed by atoms with E-state index in [4.69, 9.17) is 4.52 Å². The maximum Gasteiger partial charge on any atom is 0.227 e. The molecule has 0 aromatic carbocycles. The van der Waals surface area contributed by atoms with Gasteiger partial charge in [0.05, 0.1) is 12.1 Å². The highest BCUT2D eigenvalue weighted by Crippen LogP contribution is 2.22. The quantitative estimate of drug-likeness (QED) is 0.913. The van der Waals surface area contributed by atoms with Crippen molar-refractivity contribution in [2.45, 2.75) is 26.2 Å². The monoisotopic (exact) mass is 314 g/mol. The maximum absolute atomic E-state index is 12.0. The van der Waals surface area contributed by atoms with Crippen LogP contribution in [0.25, 0.3) is 0 Å². The summed E-state index contributed by atoms with van der Waals surface area (Å²) in [5.74, 6) is 1.07. The van der Waals surface area contributed by atoms with Gasteiger partial charge in [0.25, 0.3) is 0 Å². The van der Waals surface area contributed by atoms with Crippen LogP contribution in [0.4, 0.5) is 5.69 Å². The van der Waals surface area contributed by atoms with Crippen LogP contribution < -0.4 is 10.2 Å². The number of carbonyl (C=O) groups is 1. The van der Waals surface area contributed by atoms with Crippen LogP contribution in [0.15, 0.2) is 35.1 Å². The van der Waals surface area contributed by atoms with Crippen molar-refractivity contribution >= 4 is 11.6 Å². The smallest absolute Gasteiger partial charge is 0.227 e. The molecule has 1 N–H and O–H groups in total. The molecule has 1 saturated heterocycles. The third-order valence-corrected chi connectivity index (χ3v) is 4.15. The van der Waals surface area contributed by atoms with E-state index >= 15 is 0 Å². The molecule has 1 atom stereocenters. The summed E-state index contributed by atoms with van der Waals surface area (Å²) in [5.41, 5.74) is 2.00. The van der Waals surface area contributed by atoms with Crippen LogP contribution in [0.3, 0.4) is 0 Å². The lowest BCUT2D eigenvalue weighted by Crippen LogP contribution is -2.41. The fourth-order valence-electron chi connectivity index (χ4n) is 3.00. The van der Waals surface area contributed by atoms with E-state index < -0.39 is 0 Å². The van der Waals surface area contributed by atoms with Crippen molar-refractivity contribution in [3.63, 3.8) is 0 Å². The van der Waals surface area contributed by atoms with Crippen LogP contribution in [-0.2, 0) is 11.2 Å². The predicted molar refractivity (Wildman–Crippen MR) is 87.1 cm³/mol. The van der Waals surface area contributed by atoms with Gasteiger partial charge in [-0.15, -0.1) is 0 Å². The van der Waals surface area contributed by atoms with Crippen LogP contribution in [-0.4, -0.2) is 35.7 Å². The van der Waals surface area contributed by atoms with Crippen molar-refractivity contribution in [3.8, 4) is 0 Å². The van der Waals surface area contributed by atoms with Gasteiger partial charge in [-0.25, -0.2) is 0 Å². The zero-order valence-corrected chi connectivity index (χ0v) is 13.4. The Labute approximate surface area is 135 Å². The van der Waals surface area contributed by atoms with E-state index in [0.717, 1.165) is 31.6 Å². The molecule has 1 aliphatic heterocycles. The molecule has 23 heavy (non-hydrogen) atoms. The minimum Gasteiger partial charge on any atom is -0.371 e. The third-order valence-electron chi connectivity index (χ3n) is 4.15. The first-order valence-electron chi connectivity index (χ1n) is 8.04. The Bertz CT molecular complexity index is 641. The van der Waals surface area contributed by atoms with Gasteiger partial charge in [-0.1, -0.05) is 5.16 Å². The molecule has 3 heterocycles. The first kappa shape index (κ1) is 15.5. The van der Waals surface area contributed by atoms with Gasteiger partial charge >= 0.3 is 0 Å². The number of pyridine rings is 1. The van der Waals surface area contributed by atoms with Crippen LogP contribution in [0.2, 0.25) is 0 Å². The zero-order valence-electron chi connectivity index (χ0n) is 13.4. The molecule has 6 nitrogen and oxygen atoms in total. The number of amides is 1. The lowest BCUT2D eigenvalue weighted by Gasteiger charge is -2.34. The first-order valence-corrected chi connectivity index (χ1v) is 8.04. The molecule has 1 aliphatic rings. The summed E-state index contributed by atoms with van der Waals surface area (Å²) < 4.78 is 5.08. The largest absolute Gasteiger partial charge is 0.371 e. The molecule has 122 valence electrons. The van der Waals surface area contributed by atoms with E-state index in [2.05, 4.69) is 20.4 Å². The van der Waals surface area contributed by atoms with Crippen LogP contribution in [0.1, 0.15) is 24.3 Å². The predicted octanol–water partition coefficient (Wildman–Crippen LogP) is 1.95.